The fraction of sp³-hybridized carbons (Fsp3) is 0.185. The Kier molecular flexibility index (Phi) is 8.88. The Labute approximate surface area is 229 Å². The third-order valence-corrected chi connectivity index (χ3v) is 6.68. The van der Waals surface area contributed by atoms with Gasteiger partial charge in [-0.15, -0.1) is 10.2 Å². The summed E-state index contributed by atoms with van der Waals surface area (Å²) in [5, 5.41) is 14.0. The zero-order chi connectivity index (χ0) is 27.1. The van der Waals surface area contributed by atoms with Crippen LogP contribution in [0.2, 0.25) is 5.02 Å². The van der Waals surface area contributed by atoms with Crippen LogP contribution in [0.25, 0.3) is 17.1 Å². The summed E-state index contributed by atoms with van der Waals surface area (Å²) < 4.78 is 18.0. The quantitative estimate of drug-likeness (QED) is 0.165. The summed E-state index contributed by atoms with van der Waals surface area (Å²) in [7, 11) is 4.62. The fourth-order valence-electron chi connectivity index (χ4n) is 3.57. The number of rotatable bonds is 10. The molecule has 0 radical (unpaired) electrons. The molecule has 0 bridgehead atoms. The van der Waals surface area contributed by atoms with Crippen LogP contribution in [-0.2, 0) is 4.79 Å². The monoisotopic (exact) mass is 551 g/mol. The van der Waals surface area contributed by atoms with Crippen LogP contribution in [0.3, 0.4) is 0 Å². The molecule has 4 aromatic rings. The summed E-state index contributed by atoms with van der Waals surface area (Å²) in [6, 6.07) is 18.8. The molecule has 1 N–H and O–H groups in total. The molecule has 4 rings (SSSR count). The summed E-state index contributed by atoms with van der Waals surface area (Å²) in [6.45, 7) is 2.02. The third kappa shape index (κ3) is 6.27. The molecule has 3 aromatic carbocycles. The average Bonchev–Trinajstić information content (AvgIpc) is 3.36. The molecule has 0 unspecified atom stereocenters. The van der Waals surface area contributed by atoms with Crippen molar-refractivity contribution in [3.05, 3.63) is 76.8 Å². The number of carbonyl (C=O) groups excluding carboxylic acids is 1. The van der Waals surface area contributed by atoms with Crippen molar-refractivity contribution in [1.29, 1.82) is 0 Å². The Bertz CT molecular complexity index is 1410. The van der Waals surface area contributed by atoms with Crippen molar-refractivity contribution >= 4 is 35.5 Å². The second-order valence-electron chi connectivity index (χ2n) is 8.01. The molecule has 1 aromatic heterocycles. The fourth-order valence-corrected chi connectivity index (χ4v) is 4.44. The number of hydrogen-bond acceptors (Lipinski definition) is 8. The van der Waals surface area contributed by atoms with Gasteiger partial charge in [-0.1, -0.05) is 41.1 Å². The first-order chi connectivity index (χ1) is 18.4. The van der Waals surface area contributed by atoms with Crippen LogP contribution in [0.4, 0.5) is 0 Å². The molecule has 1 heterocycles. The van der Waals surface area contributed by atoms with Crippen LogP contribution >= 0.6 is 23.4 Å². The lowest BCUT2D eigenvalue weighted by molar-refractivity contribution is -0.118. The van der Waals surface area contributed by atoms with Crippen LogP contribution in [0, 0.1) is 6.92 Å². The molecular weight excluding hydrogens is 526 g/mol. The first-order valence-electron chi connectivity index (χ1n) is 11.5. The predicted molar refractivity (Wildman–Crippen MR) is 149 cm³/mol. The zero-order valence-electron chi connectivity index (χ0n) is 21.3. The van der Waals surface area contributed by atoms with E-state index >= 15 is 0 Å². The van der Waals surface area contributed by atoms with E-state index in [0.717, 1.165) is 16.8 Å². The highest BCUT2D eigenvalue weighted by Gasteiger charge is 2.18. The van der Waals surface area contributed by atoms with Gasteiger partial charge in [0.1, 0.15) is 17.2 Å². The summed E-state index contributed by atoms with van der Waals surface area (Å²) >= 11 is 7.32. The number of hydrazone groups is 1. The minimum atomic E-state index is -0.316. The van der Waals surface area contributed by atoms with Gasteiger partial charge in [-0.2, -0.15) is 5.10 Å². The zero-order valence-corrected chi connectivity index (χ0v) is 22.8. The van der Waals surface area contributed by atoms with Crippen molar-refractivity contribution in [3.8, 4) is 34.3 Å². The Balaban J connectivity index is 1.51. The van der Waals surface area contributed by atoms with Gasteiger partial charge in [0.15, 0.2) is 11.0 Å². The predicted octanol–water partition coefficient (Wildman–Crippen LogP) is 5.16. The number of hydrogen-bond donors (Lipinski definition) is 1. The molecule has 0 saturated carbocycles. The van der Waals surface area contributed by atoms with E-state index in [2.05, 4.69) is 20.7 Å². The van der Waals surface area contributed by atoms with E-state index in [0.29, 0.717) is 38.8 Å². The van der Waals surface area contributed by atoms with Gasteiger partial charge >= 0.3 is 0 Å². The van der Waals surface area contributed by atoms with E-state index in [4.69, 9.17) is 25.8 Å². The second-order valence-corrected chi connectivity index (χ2v) is 9.39. The highest BCUT2D eigenvalue weighted by atomic mass is 35.5. The lowest BCUT2D eigenvalue weighted by atomic mass is 10.2. The Morgan fingerprint density at radius 2 is 1.66 bits per heavy atom. The number of ether oxygens (including phenoxy) is 3. The molecule has 0 spiro atoms. The minimum absolute atomic E-state index is 0.0683. The maximum absolute atomic E-state index is 12.6. The van der Waals surface area contributed by atoms with Crippen molar-refractivity contribution < 1.29 is 19.0 Å². The van der Waals surface area contributed by atoms with Crippen LogP contribution < -0.4 is 19.6 Å². The summed E-state index contributed by atoms with van der Waals surface area (Å²) in [6.07, 6.45) is 1.47. The van der Waals surface area contributed by atoms with E-state index in [1.807, 2.05) is 47.9 Å². The van der Waals surface area contributed by atoms with Gasteiger partial charge in [-0.25, -0.2) is 5.43 Å². The molecule has 0 fully saturated rings. The molecule has 196 valence electrons. The molecule has 0 aliphatic rings. The van der Waals surface area contributed by atoms with Crippen LogP contribution in [-0.4, -0.2) is 54.0 Å². The maximum Gasteiger partial charge on any atom is 0.250 e. The smallest absolute Gasteiger partial charge is 0.250 e. The standard InChI is InChI=1S/C27H26ClN5O4S/c1-17-5-11-20(12-6-17)33-26(18-7-9-19(28)10-8-18)31-32-27(33)38-16-25(34)30-29-15-22-23(36-3)13-21(35-2)14-24(22)37-4/h5-15H,16H2,1-4H3,(H,30,34)/b29-15-. The minimum Gasteiger partial charge on any atom is -0.496 e. The number of aryl methyl sites for hydroxylation is 1. The van der Waals surface area contributed by atoms with E-state index in [-0.39, 0.29) is 11.7 Å². The summed E-state index contributed by atoms with van der Waals surface area (Å²) in [4.78, 5) is 12.6. The van der Waals surface area contributed by atoms with Crippen LogP contribution in [0.5, 0.6) is 17.2 Å². The maximum atomic E-state index is 12.6. The Hall–Kier alpha value is -4.02. The third-order valence-electron chi connectivity index (χ3n) is 5.50. The Morgan fingerprint density at radius 3 is 2.26 bits per heavy atom. The number of aromatic nitrogens is 3. The van der Waals surface area contributed by atoms with Crippen molar-refractivity contribution in [2.45, 2.75) is 12.1 Å². The Morgan fingerprint density at radius 1 is 1.00 bits per heavy atom. The summed E-state index contributed by atoms with van der Waals surface area (Å²) in [5.41, 5.74) is 5.97. The first-order valence-corrected chi connectivity index (χ1v) is 12.8. The van der Waals surface area contributed by atoms with Crippen LogP contribution in [0.15, 0.2) is 70.9 Å². The van der Waals surface area contributed by atoms with E-state index in [1.165, 1.54) is 32.2 Å². The van der Waals surface area contributed by atoms with E-state index in [9.17, 15) is 4.79 Å². The molecule has 11 heteroatoms. The van der Waals surface area contributed by atoms with Gasteiger partial charge in [0.25, 0.3) is 5.91 Å². The van der Waals surface area contributed by atoms with Gasteiger partial charge in [0, 0.05) is 28.4 Å². The van der Waals surface area contributed by atoms with Crippen LogP contribution in [0.1, 0.15) is 11.1 Å². The van der Waals surface area contributed by atoms with Gasteiger partial charge in [-0.05, 0) is 43.3 Å². The normalized spacial score (nSPS) is 11.0. The molecule has 0 aliphatic carbocycles. The number of nitrogens with zero attached hydrogens (tertiary/aromatic N) is 4. The first kappa shape index (κ1) is 27.0. The molecule has 38 heavy (non-hydrogen) atoms. The number of thioether (sulfide) groups is 1. The summed E-state index contributed by atoms with van der Waals surface area (Å²) in [5.74, 6) is 1.96. The number of halogens is 1. The number of amides is 1. The topological polar surface area (TPSA) is 99.9 Å². The number of benzene rings is 3. The van der Waals surface area contributed by atoms with E-state index < -0.39 is 0 Å². The van der Waals surface area contributed by atoms with E-state index in [1.54, 1.807) is 31.4 Å². The largest absolute Gasteiger partial charge is 0.496 e. The molecule has 0 atom stereocenters. The average molecular weight is 552 g/mol. The van der Waals surface area contributed by atoms with Gasteiger partial charge < -0.3 is 14.2 Å². The number of nitrogens with one attached hydrogen (secondary N) is 1. The van der Waals surface area contributed by atoms with Gasteiger partial charge in [0.05, 0.1) is 38.9 Å². The molecule has 0 aliphatic heterocycles. The van der Waals surface area contributed by atoms with Crippen molar-refractivity contribution in [2.24, 2.45) is 5.10 Å². The highest BCUT2D eigenvalue weighted by molar-refractivity contribution is 7.99. The lowest BCUT2D eigenvalue weighted by Crippen LogP contribution is -2.20. The van der Waals surface area contributed by atoms with Crippen molar-refractivity contribution in [1.82, 2.24) is 20.2 Å². The lowest BCUT2D eigenvalue weighted by Gasteiger charge is -2.12. The van der Waals surface area contributed by atoms with Gasteiger partial charge in [0.2, 0.25) is 0 Å². The molecule has 1 amide bonds. The van der Waals surface area contributed by atoms with Gasteiger partial charge in [-0.3, -0.25) is 9.36 Å². The number of carbonyl (C=O) groups is 1. The molecular formula is C27H26ClN5O4S. The van der Waals surface area contributed by atoms with Crippen molar-refractivity contribution in [2.75, 3.05) is 27.1 Å². The number of methoxy groups -OCH3 is 3. The molecule has 9 nitrogen and oxygen atoms in total. The van der Waals surface area contributed by atoms with Crippen molar-refractivity contribution in [3.63, 3.8) is 0 Å². The molecule has 0 saturated heterocycles. The SMILES string of the molecule is COc1cc(OC)c(/C=N\NC(=O)CSc2nnc(-c3ccc(Cl)cc3)n2-c2ccc(C)cc2)c(OC)c1. The highest BCUT2D eigenvalue weighted by Crippen LogP contribution is 2.33. The second kappa shape index (κ2) is 12.5.